The Morgan fingerprint density at radius 1 is 0.806 bits per heavy atom. The van der Waals surface area contributed by atoms with E-state index in [1.165, 1.54) is 11.7 Å². The molecule has 6 aromatic rings. The van der Waals surface area contributed by atoms with E-state index < -0.39 is 0 Å². The van der Waals surface area contributed by atoms with Gasteiger partial charge in [-0.25, -0.2) is 4.98 Å². The molecular formula is C30H21N5O. The number of ketones is 1. The fourth-order valence-electron chi connectivity index (χ4n) is 4.10. The Morgan fingerprint density at radius 3 is 2.42 bits per heavy atom. The number of hydrogen-bond acceptors (Lipinski definition) is 5. The number of fused-ring (bicyclic) bond motifs is 2. The second-order valence-corrected chi connectivity index (χ2v) is 8.37. The van der Waals surface area contributed by atoms with Gasteiger partial charge in [0.2, 0.25) is 0 Å². The van der Waals surface area contributed by atoms with Gasteiger partial charge in [0, 0.05) is 22.9 Å². The molecule has 0 aliphatic carbocycles. The van der Waals surface area contributed by atoms with E-state index in [0.717, 1.165) is 33.7 Å². The molecule has 0 radical (unpaired) electrons. The first-order chi connectivity index (χ1) is 17.7. The molecule has 172 valence electrons. The van der Waals surface area contributed by atoms with Gasteiger partial charge in [0.15, 0.2) is 5.78 Å². The first kappa shape index (κ1) is 21.4. The average Bonchev–Trinajstić information content (AvgIpc) is 3.42. The van der Waals surface area contributed by atoms with Crippen molar-refractivity contribution in [3.05, 3.63) is 127 Å². The van der Waals surface area contributed by atoms with Gasteiger partial charge in [-0.1, -0.05) is 72.8 Å². The number of hydrogen-bond donors (Lipinski definition) is 1. The standard InChI is InChI=1S/C30H21N5O/c36-28(17-11-21-10-12-22-6-4-5-9-25(22)18-21)24-13-15-26(16-14-24)33-29-19-27(23-7-2-1-3-8-23)34-30-31-20-32-35(29)30/h1-20,33H/b17-11+. The number of anilines is 2. The number of carbonyl (C=O) groups is 1. The van der Waals surface area contributed by atoms with Crippen LogP contribution in [0.5, 0.6) is 0 Å². The molecule has 0 spiro atoms. The summed E-state index contributed by atoms with van der Waals surface area (Å²) in [5.41, 5.74) is 4.22. The Morgan fingerprint density at radius 2 is 1.58 bits per heavy atom. The number of benzene rings is 4. The molecule has 6 heteroatoms. The molecule has 0 unspecified atom stereocenters. The molecule has 0 amide bonds. The van der Waals surface area contributed by atoms with Crippen LogP contribution in [0.2, 0.25) is 0 Å². The van der Waals surface area contributed by atoms with Crippen LogP contribution in [-0.2, 0) is 0 Å². The number of nitrogens with zero attached hydrogens (tertiary/aromatic N) is 4. The molecule has 2 heterocycles. The first-order valence-electron chi connectivity index (χ1n) is 11.6. The van der Waals surface area contributed by atoms with Gasteiger partial charge in [-0.05, 0) is 52.7 Å². The Labute approximate surface area is 207 Å². The third-order valence-electron chi connectivity index (χ3n) is 5.96. The van der Waals surface area contributed by atoms with Gasteiger partial charge in [-0.15, -0.1) is 0 Å². The minimum absolute atomic E-state index is 0.0522. The predicted octanol–water partition coefficient (Wildman–Crippen LogP) is 6.58. The van der Waals surface area contributed by atoms with Gasteiger partial charge in [-0.3, -0.25) is 4.79 Å². The number of nitrogens with one attached hydrogen (secondary N) is 1. The van der Waals surface area contributed by atoms with Gasteiger partial charge in [0.1, 0.15) is 12.1 Å². The third kappa shape index (κ3) is 4.35. The van der Waals surface area contributed by atoms with Crippen molar-refractivity contribution < 1.29 is 4.79 Å². The molecule has 6 rings (SSSR count). The fraction of sp³-hybridized carbons (Fsp3) is 0. The van der Waals surface area contributed by atoms with E-state index in [9.17, 15) is 4.79 Å². The van der Waals surface area contributed by atoms with Crippen molar-refractivity contribution in [2.45, 2.75) is 0 Å². The number of allylic oxidation sites excluding steroid dienone is 1. The topological polar surface area (TPSA) is 72.2 Å². The van der Waals surface area contributed by atoms with E-state index in [1.807, 2.05) is 84.9 Å². The summed E-state index contributed by atoms with van der Waals surface area (Å²) >= 11 is 0. The summed E-state index contributed by atoms with van der Waals surface area (Å²) in [6, 6.07) is 33.6. The molecule has 2 aromatic heterocycles. The zero-order chi connectivity index (χ0) is 24.3. The van der Waals surface area contributed by atoms with Gasteiger partial charge in [0.05, 0.1) is 5.69 Å². The molecule has 0 fully saturated rings. The Kier molecular flexibility index (Phi) is 5.52. The smallest absolute Gasteiger partial charge is 0.254 e. The van der Waals surface area contributed by atoms with Crippen LogP contribution < -0.4 is 5.32 Å². The van der Waals surface area contributed by atoms with E-state index in [0.29, 0.717) is 11.3 Å². The molecule has 0 atom stereocenters. The van der Waals surface area contributed by atoms with Crippen LogP contribution in [0.1, 0.15) is 15.9 Å². The summed E-state index contributed by atoms with van der Waals surface area (Å²) in [6.45, 7) is 0. The highest BCUT2D eigenvalue weighted by Crippen LogP contribution is 2.24. The molecule has 0 bridgehead atoms. The molecule has 36 heavy (non-hydrogen) atoms. The van der Waals surface area contributed by atoms with Crippen LogP contribution in [0.15, 0.2) is 116 Å². The van der Waals surface area contributed by atoms with Gasteiger partial charge < -0.3 is 5.32 Å². The van der Waals surface area contributed by atoms with Crippen LogP contribution in [0.4, 0.5) is 11.5 Å². The van der Waals surface area contributed by atoms with Crippen LogP contribution >= 0.6 is 0 Å². The lowest BCUT2D eigenvalue weighted by atomic mass is 10.1. The van der Waals surface area contributed by atoms with Crippen molar-refractivity contribution in [3.8, 4) is 11.3 Å². The average molecular weight is 468 g/mol. The van der Waals surface area contributed by atoms with Crippen molar-refractivity contribution in [2.75, 3.05) is 5.32 Å². The zero-order valence-corrected chi connectivity index (χ0v) is 19.2. The molecule has 6 nitrogen and oxygen atoms in total. The normalized spacial score (nSPS) is 11.3. The fourth-order valence-corrected chi connectivity index (χ4v) is 4.10. The van der Waals surface area contributed by atoms with Crippen LogP contribution in [0, 0.1) is 0 Å². The largest absolute Gasteiger partial charge is 0.340 e. The Hall–Kier alpha value is -5.10. The SMILES string of the molecule is O=C(/C=C/c1ccc2ccccc2c1)c1ccc(Nc2cc(-c3ccccc3)nc3ncnn23)cc1. The summed E-state index contributed by atoms with van der Waals surface area (Å²) < 4.78 is 1.65. The van der Waals surface area contributed by atoms with Gasteiger partial charge in [-0.2, -0.15) is 14.6 Å². The van der Waals surface area contributed by atoms with Crippen molar-refractivity contribution in [1.29, 1.82) is 0 Å². The zero-order valence-electron chi connectivity index (χ0n) is 19.2. The highest BCUT2D eigenvalue weighted by atomic mass is 16.1. The monoisotopic (exact) mass is 467 g/mol. The lowest BCUT2D eigenvalue weighted by Crippen LogP contribution is -2.03. The Bertz CT molecular complexity index is 1720. The van der Waals surface area contributed by atoms with Crippen molar-refractivity contribution in [3.63, 3.8) is 0 Å². The van der Waals surface area contributed by atoms with Gasteiger partial charge in [0.25, 0.3) is 5.78 Å². The van der Waals surface area contributed by atoms with Gasteiger partial charge >= 0.3 is 0 Å². The van der Waals surface area contributed by atoms with Crippen LogP contribution in [0.25, 0.3) is 33.9 Å². The van der Waals surface area contributed by atoms with E-state index in [2.05, 4.69) is 44.6 Å². The number of aromatic nitrogens is 4. The molecule has 4 aromatic carbocycles. The lowest BCUT2D eigenvalue weighted by Gasteiger charge is -2.10. The molecule has 0 aliphatic rings. The third-order valence-corrected chi connectivity index (χ3v) is 5.96. The van der Waals surface area contributed by atoms with Crippen molar-refractivity contribution >= 4 is 39.9 Å². The number of rotatable bonds is 6. The summed E-state index contributed by atoms with van der Waals surface area (Å²) in [6.07, 6.45) is 4.94. The second kappa shape index (κ2) is 9.27. The highest BCUT2D eigenvalue weighted by Gasteiger charge is 2.10. The summed E-state index contributed by atoms with van der Waals surface area (Å²) in [7, 11) is 0. The second-order valence-electron chi connectivity index (χ2n) is 8.37. The van der Waals surface area contributed by atoms with Crippen molar-refractivity contribution in [1.82, 2.24) is 19.6 Å². The molecule has 0 saturated carbocycles. The molecule has 1 N–H and O–H groups in total. The maximum absolute atomic E-state index is 12.8. The maximum atomic E-state index is 12.8. The quantitative estimate of drug-likeness (QED) is 0.221. The molecule has 0 saturated heterocycles. The maximum Gasteiger partial charge on any atom is 0.254 e. The summed E-state index contributed by atoms with van der Waals surface area (Å²) in [5.74, 6) is 1.18. The summed E-state index contributed by atoms with van der Waals surface area (Å²) in [5, 5.41) is 9.99. The van der Waals surface area contributed by atoms with E-state index >= 15 is 0 Å². The van der Waals surface area contributed by atoms with Crippen LogP contribution in [-0.4, -0.2) is 25.4 Å². The van der Waals surface area contributed by atoms with E-state index in [-0.39, 0.29) is 5.78 Å². The predicted molar refractivity (Wildman–Crippen MR) is 143 cm³/mol. The molecule has 0 aliphatic heterocycles. The first-order valence-corrected chi connectivity index (χ1v) is 11.6. The van der Waals surface area contributed by atoms with Crippen molar-refractivity contribution in [2.24, 2.45) is 0 Å². The number of carbonyl (C=O) groups excluding carboxylic acids is 1. The molecular weight excluding hydrogens is 446 g/mol. The highest BCUT2D eigenvalue weighted by molar-refractivity contribution is 6.07. The minimum atomic E-state index is -0.0522. The van der Waals surface area contributed by atoms with E-state index in [1.54, 1.807) is 10.6 Å². The lowest BCUT2D eigenvalue weighted by molar-refractivity contribution is 0.104. The van der Waals surface area contributed by atoms with E-state index in [4.69, 9.17) is 0 Å². The Balaban J connectivity index is 1.21. The summed E-state index contributed by atoms with van der Waals surface area (Å²) in [4.78, 5) is 21.6. The minimum Gasteiger partial charge on any atom is -0.340 e. The van der Waals surface area contributed by atoms with Crippen LogP contribution in [0.3, 0.4) is 0 Å².